The summed E-state index contributed by atoms with van der Waals surface area (Å²) in [6, 6.07) is 11.2. The topological polar surface area (TPSA) is 90.9 Å². The third-order valence-corrected chi connectivity index (χ3v) is 7.17. The molecule has 190 valence electrons. The lowest BCUT2D eigenvalue weighted by Crippen LogP contribution is -2.28. The van der Waals surface area contributed by atoms with E-state index < -0.39 is 26.7 Å². The third kappa shape index (κ3) is 7.04. The van der Waals surface area contributed by atoms with Crippen LogP contribution < -0.4 is 10.0 Å². The van der Waals surface area contributed by atoms with E-state index in [0.29, 0.717) is 19.4 Å². The van der Waals surface area contributed by atoms with Crippen molar-refractivity contribution in [1.82, 2.24) is 14.9 Å². The number of hydrogen-bond donors (Lipinski definition) is 2. The van der Waals surface area contributed by atoms with Crippen LogP contribution in [0.4, 0.5) is 13.2 Å². The number of aryl methyl sites for hydroxylation is 1. The first-order valence-electron chi connectivity index (χ1n) is 11.3. The van der Waals surface area contributed by atoms with Crippen molar-refractivity contribution in [3.05, 3.63) is 64.7 Å². The maximum Gasteiger partial charge on any atom is 0.417 e. The molecule has 2 N–H and O–H groups in total. The van der Waals surface area contributed by atoms with Gasteiger partial charge in [-0.15, -0.1) is 0 Å². The van der Waals surface area contributed by atoms with Gasteiger partial charge in [0.2, 0.25) is 15.9 Å². The number of unbranched alkanes of at least 4 members (excludes halogenated alkanes) is 1. The summed E-state index contributed by atoms with van der Waals surface area (Å²) >= 11 is 0. The Labute approximate surface area is 203 Å². The summed E-state index contributed by atoms with van der Waals surface area (Å²) in [7, 11) is -2.65. The van der Waals surface area contributed by atoms with E-state index in [2.05, 4.69) is 15.0 Å². The van der Waals surface area contributed by atoms with Gasteiger partial charge in [-0.25, -0.2) is 13.1 Å². The molecule has 2 aromatic rings. The summed E-state index contributed by atoms with van der Waals surface area (Å²) in [4.78, 5) is 17.6. The molecule has 0 saturated heterocycles. The van der Waals surface area contributed by atoms with Crippen molar-refractivity contribution in [2.75, 3.05) is 26.7 Å². The Balaban J connectivity index is 1.45. The molecule has 0 fully saturated rings. The number of rotatable bonds is 10. The number of sulfonamides is 1. The van der Waals surface area contributed by atoms with Crippen molar-refractivity contribution in [2.24, 2.45) is 4.99 Å². The number of carbonyl (C=O) groups is 1. The van der Waals surface area contributed by atoms with E-state index in [4.69, 9.17) is 0 Å². The van der Waals surface area contributed by atoms with E-state index in [1.54, 1.807) is 11.9 Å². The minimum absolute atomic E-state index is 0.0655. The van der Waals surface area contributed by atoms with Gasteiger partial charge in [0.05, 0.1) is 17.0 Å². The Kier molecular flexibility index (Phi) is 8.55. The molecule has 0 radical (unpaired) electrons. The van der Waals surface area contributed by atoms with Crippen molar-refractivity contribution >= 4 is 21.8 Å². The molecule has 2 aromatic carbocycles. The van der Waals surface area contributed by atoms with Gasteiger partial charge in [0.1, 0.15) is 5.84 Å². The Bertz CT molecular complexity index is 1180. The minimum atomic E-state index is -4.78. The normalized spacial score (nSPS) is 13.9. The minimum Gasteiger partial charge on any atom is -0.368 e. The van der Waals surface area contributed by atoms with Gasteiger partial charge in [0, 0.05) is 38.7 Å². The van der Waals surface area contributed by atoms with E-state index in [0.717, 1.165) is 36.1 Å². The highest BCUT2D eigenvalue weighted by molar-refractivity contribution is 7.89. The van der Waals surface area contributed by atoms with Crippen LogP contribution in [0.25, 0.3) is 0 Å². The van der Waals surface area contributed by atoms with Gasteiger partial charge < -0.3 is 10.2 Å². The number of amidine groups is 1. The molecule has 1 aliphatic rings. The fourth-order valence-electron chi connectivity index (χ4n) is 3.83. The first kappa shape index (κ1) is 26.7. The third-order valence-electron chi connectivity index (χ3n) is 5.66. The quantitative estimate of drug-likeness (QED) is 0.479. The lowest BCUT2D eigenvalue weighted by atomic mass is 10.1. The number of aliphatic imine (C=N–C) groups is 1. The van der Waals surface area contributed by atoms with E-state index >= 15 is 0 Å². The van der Waals surface area contributed by atoms with Gasteiger partial charge in [-0.2, -0.15) is 13.2 Å². The standard InChI is InChI=1S/C24H29F3N4O3S/c1-17-6-5-7-20(22(17)24(25,26)27)35(33,34)30-13-4-3-8-21(32)31(2)16-18-9-11-19(12-10-18)23-28-14-15-29-23/h5-7,9-12,30H,3-4,8,13-16H2,1-2H3,(H,28,29). The molecule has 0 spiro atoms. The van der Waals surface area contributed by atoms with Crippen LogP contribution in [-0.2, 0) is 27.5 Å². The first-order chi connectivity index (χ1) is 16.5. The summed E-state index contributed by atoms with van der Waals surface area (Å²) in [5.74, 6) is 0.769. The Morgan fingerprint density at radius 2 is 1.86 bits per heavy atom. The molecule has 7 nitrogen and oxygen atoms in total. The molecular weight excluding hydrogens is 481 g/mol. The summed E-state index contributed by atoms with van der Waals surface area (Å²) in [6.07, 6.45) is -3.87. The van der Waals surface area contributed by atoms with Crippen LogP contribution in [0.1, 0.15) is 41.5 Å². The molecule has 0 aliphatic carbocycles. The average Bonchev–Trinajstić information content (AvgIpc) is 3.33. The fraction of sp³-hybridized carbons (Fsp3) is 0.417. The Morgan fingerprint density at radius 3 is 2.49 bits per heavy atom. The zero-order valence-electron chi connectivity index (χ0n) is 19.7. The number of nitrogens with one attached hydrogen (secondary N) is 2. The second-order valence-electron chi connectivity index (χ2n) is 8.40. The van der Waals surface area contributed by atoms with E-state index in [1.807, 2.05) is 24.3 Å². The lowest BCUT2D eigenvalue weighted by Gasteiger charge is -2.18. The number of nitrogens with zero attached hydrogens (tertiary/aromatic N) is 2. The van der Waals surface area contributed by atoms with E-state index in [9.17, 15) is 26.4 Å². The molecule has 1 amide bonds. The predicted molar refractivity (Wildman–Crippen MR) is 128 cm³/mol. The van der Waals surface area contributed by atoms with Crippen LogP contribution in [0.15, 0.2) is 52.4 Å². The smallest absolute Gasteiger partial charge is 0.368 e. The molecule has 0 saturated carbocycles. The zero-order valence-corrected chi connectivity index (χ0v) is 20.5. The van der Waals surface area contributed by atoms with Crippen LogP contribution in [0.2, 0.25) is 0 Å². The maximum atomic E-state index is 13.4. The summed E-state index contributed by atoms with van der Waals surface area (Å²) in [5.41, 5.74) is 0.641. The highest BCUT2D eigenvalue weighted by Crippen LogP contribution is 2.36. The monoisotopic (exact) mass is 510 g/mol. The number of hydrogen-bond acceptors (Lipinski definition) is 5. The van der Waals surface area contributed by atoms with Crippen molar-refractivity contribution in [3.63, 3.8) is 0 Å². The largest absolute Gasteiger partial charge is 0.417 e. The molecule has 3 rings (SSSR count). The Morgan fingerprint density at radius 1 is 1.14 bits per heavy atom. The molecule has 0 aromatic heterocycles. The second-order valence-corrected chi connectivity index (χ2v) is 10.1. The molecule has 0 atom stereocenters. The molecular formula is C24H29F3N4O3S. The van der Waals surface area contributed by atoms with E-state index in [-0.39, 0.29) is 24.4 Å². The van der Waals surface area contributed by atoms with Gasteiger partial charge in [-0.1, -0.05) is 36.4 Å². The van der Waals surface area contributed by atoms with Crippen LogP contribution in [0.3, 0.4) is 0 Å². The zero-order chi connectivity index (χ0) is 25.6. The van der Waals surface area contributed by atoms with Crippen LogP contribution >= 0.6 is 0 Å². The van der Waals surface area contributed by atoms with Crippen molar-refractivity contribution in [3.8, 4) is 0 Å². The molecule has 11 heteroatoms. The SMILES string of the molecule is Cc1cccc(S(=O)(=O)NCCCCC(=O)N(C)Cc2ccc(C3=NCCN3)cc2)c1C(F)(F)F. The van der Waals surface area contributed by atoms with E-state index in [1.165, 1.54) is 19.1 Å². The fourth-order valence-corrected chi connectivity index (χ4v) is 5.20. The van der Waals surface area contributed by atoms with Crippen molar-refractivity contribution in [1.29, 1.82) is 0 Å². The average molecular weight is 511 g/mol. The van der Waals surface area contributed by atoms with Gasteiger partial charge in [-0.05, 0) is 37.0 Å². The molecule has 0 unspecified atom stereocenters. The van der Waals surface area contributed by atoms with Crippen LogP contribution in [-0.4, -0.2) is 51.7 Å². The molecule has 0 bridgehead atoms. The number of alkyl halides is 3. The highest BCUT2D eigenvalue weighted by atomic mass is 32.2. The highest BCUT2D eigenvalue weighted by Gasteiger charge is 2.38. The van der Waals surface area contributed by atoms with Crippen LogP contribution in [0, 0.1) is 6.92 Å². The number of halogens is 3. The second kappa shape index (κ2) is 11.2. The summed E-state index contributed by atoms with van der Waals surface area (Å²) in [6.45, 7) is 3.18. The number of carbonyl (C=O) groups excluding carboxylic acids is 1. The van der Waals surface area contributed by atoms with Gasteiger partial charge >= 0.3 is 6.18 Å². The predicted octanol–water partition coefficient (Wildman–Crippen LogP) is 3.47. The van der Waals surface area contributed by atoms with Gasteiger partial charge in [0.15, 0.2) is 0 Å². The number of amides is 1. The van der Waals surface area contributed by atoms with Crippen molar-refractivity contribution in [2.45, 2.75) is 43.8 Å². The molecule has 1 heterocycles. The lowest BCUT2D eigenvalue weighted by molar-refractivity contribution is -0.140. The maximum absolute atomic E-state index is 13.4. The summed E-state index contributed by atoms with van der Waals surface area (Å²) in [5, 5.41) is 3.21. The Hall–Kier alpha value is -2.92. The summed E-state index contributed by atoms with van der Waals surface area (Å²) < 4.78 is 67.2. The molecule has 35 heavy (non-hydrogen) atoms. The number of benzene rings is 2. The van der Waals surface area contributed by atoms with Crippen LogP contribution in [0.5, 0.6) is 0 Å². The van der Waals surface area contributed by atoms with Gasteiger partial charge in [0.25, 0.3) is 0 Å². The molecule has 1 aliphatic heterocycles. The van der Waals surface area contributed by atoms with Crippen molar-refractivity contribution < 1.29 is 26.4 Å². The first-order valence-corrected chi connectivity index (χ1v) is 12.8. The van der Waals surface area contributed by atoms with Gasteiger partial charge in [-0.3, -0.25) is 9.79 Å².